The molecule has 7 heteroatoms. The van der Waals surface area contributed by atoms with Crippen molar-refractivity contribution < 1.29 is 24.2 Å². The highest BCUT2D eigenvalue weighted by atomic mass is 32.2. The molecule has 0 aliphatic carbocycles. The van der Waals surface area contributed by atoms with E-state index >= 15 is 0 Å². The second-order valence-electron chi connectivity index (χ2n) is 3.85. The number of hydrogen-bond acceptors (Lipinski definition) is 5. The van der Waals surface area contributed by atoms with E-state index in [4.69, 9.17) is 14.6 Å². The monoisotopic (exact) mass is 283 g/mol. The first-order valence-corrected chi connectivity index (χ1v) is 6.75. The van der Waals surface area contributed by atoms with E-state index in [0.717, 1.165) is 17.3 Å². The third-order valence-corrected chi connectivity index (χ3v) is 3.30. The second kappa shape index (κ2) is 6.33. The van der Waals surface area contributed by atoms with Gasteiger partial charge in [-0.2, -0.15) is 0 Å². The number of aliphatic carboxylic acids is 1. The van der Waals surface area contributed by atoms with E-state index in [0.29, 0.717) is 18.0 Å². The van der Waals surface area contributed by atoms with Crippen LogP contribution in [0.2, 0.25) is 0 Å². The van der Waals surface area contributed by atoms with E-state index < -0.39 is 5.97 Å². The molecule has 0 radical (unpaired) electrons. The van der Waals surface area contributed by atoms with E-state index in [-0.39, 0.29) is 24.2 Å². The molecule has 1 heterocycles. The molecule has 102 valence electrons. The molecule has 1 aromatic carbocycles. The van der Waals surface area contributed by atoms with Crippen LogP contribution >= 0.6 is 11.8 Å². The Bertz CT molecular complexity index is 491. The Morgan fingerprint density at radius 2 is 2.05 bits per heavy atom. The van der Waals surface area contributed by atoms with E-state index in [9.17, 15) is 9.59 Å². The topological polar surface area (TPSA) is 84.9 Å². The molecule has 0 unspecified atom stereocenters. The van der Waals surface area contributed by atoms with Crippen LogP contribution in [0.25, 0.3) is 0 Å². The predicted molar refractivity (Wildman–Crippen MR) is 69.4 cm³/mol. The standard InChI is InChI=1S/C12H13NO5S/c14-11(5-19-6-12(15)16)13-4-8-1-2-9-10(3-8)18-7-17-9/h1-3H,4-7H2,(H,13,14)(H,15,16). The summed E-state index contributed by atoms with van der Waals surface area (Å²) in [5, 5.41) is 11.2. The van der Waals surface area contributed by atoms with Crippen molar-refractivity contribution >= 4 is 23.6 Å². The normalized spacial score (nSPS) is 12.2. The van der Waals surface area contributed by atoms with E-state index in [1.165, 1.54) is 0 Å². The largest absolute Gasteiger partial charge is 0.481 e. The molecule has 1 amide bonds. The first-order chi connectivity index (χ1) is 9.15. The average Bonchev–Trinajstić information content (AvgIpc) is 2.83. The summed E-state index contributed by atoms with van der Waals surface area (Å²) in [4.78, 5) is 21.7. The van der Waals surface area contributed by atoms with Gasteiger partial charge in [-0.3, -0.25) is 9.59 Å². The van der Waals surface area contributed by atoms with Crippen molar-refractivity contribution in [1.29, 1.82) is 0 Å². The number of amides is 1. The Labute approximate surface area is 114 Å². The maximum absolute atomic E-state index is 11.5. The summed E-state index contributed by atoms with van der Waals surface area (Å²) in [6, 6.07) is 5.45. The molecule has 0 bridgehead atoms. The highest BCUT2D eigenvalue weighted by molar-refractivity contribution is 8.00. The molecule has 1 aliphatic rings. The number of carbonyl (C=O) groups is 2. The van der Waals surface area contributed by atoms with Crippen LogP contribution in [0.5, 0.6) is 11.5 Å². The van der Waals surface area contributed by atoms with Crippen LogP contribution in [-0.4, -0.2) is 35.3 Å². The third kappa shape index (κ3) is 4.06. The summed E-state index contributed by atoms with van der Waals surface area (Å²) in [5.41, 5.74) is 0.904. The Morgan fingerprint density at radius 3 is 2.84 bits per heavy atom. The number of ether oxygens (including phenoxy) is 2. The van der Waals surface area contributed by atoms with Gasteiger partial charge in [0.2, 0.25) is 12.7 Å². The number of carbonyl (C=O) groups excluding carboxylic acids is 1. The summed E-state index contributed by atoms with van der Waals surface area (Å²) < 4.78 is 10.4. The molecule has 6 nitrogen and oxygen atoms in total. The number of carboxylic acid groups (broad SMARTS) is 1. The zero-order chi connectivity index (χ0) is 13.7. The van der Waals surface area contributed by atoms with Crippen LogP contribution in [-0.2, 0) is 16.1 Å². The van der Waals surface area contributed by atoms with Gasteiger partial charge in [0.1, 0.15) is 0 Å². The predicted octanol–water partition coefficient (Wildman–Crippen LogP) is 0.849. The minimum Gasteiger partial charge on any atom is -0.481 e. The molecule has 1 aliphatic heterocycles. The smallest absolute Gasteiger partial charge is 0.313 e. The zero-order valence-corrected chi connectivity index (χ0v) is 10.9. The van der Waals surface area contributed by atoms with Crippen LogP contribution in [0.4, 0.5) is 0 Å². The van der Waals surface area contributed by atoms with Gasteiger partial charge in [-0.05, 0) is 17.7 Å². The van der Waals surface area contributed by atoms with Crippen LogP contribution in [0.15, 0.2) is 18.2 Å². The number of hydrogen-bond donors (Lipinski definition) is 2. The average molecular weight is 283 g/mol. The van der Waals surface area contributed by atoms with Crippen LogP contribution in [0, 0.1) is 0 Å². The van der Waals surface area contributed by atoms with Gasteiger partial charge < -0.3 is 19.9 Å². The van der Waals surface area contributed by atoms with Crippen LogP contribution in [0.3, 0.4) is 0 Å². The molecule has 0 atom stereocenters. The lowest BCUT2D eigenvalue weighted by molar-refractivity contribution is -0.133. The number of rotatable bonds is 6. The van der Waals surface area contributed by atoms with Gasteiger partial charge >= 0.3 is 5.97 Å². The number of benzene rings is 1. The highest BCUT2D eigenvalue weighted by Gasteiger charge is 2.13. The van der Waals surface area contributed by atoms with Crippen molar-refractivity contribution in [3.05, 3.63) is 23.8 Å². The van der Waals surface area contributed by atoms with Crippen LogP contribution in [0.1, 0.15) is 5.56 Å². The number of thioether (sulfide) groups is 1. The van der Waals surface area contributed by atoms with Crippen molar-refractivity contribution in [1.82, 2.24) is 5.32 Å². The van der Waals surface area contributed by atoms with Gasteiger partial charge in [0.05, 0.1) is 11.5 Å². The molecule has 0 spiro atoms. The van der Waals surface area contributed by atoms with E-state index in [1.54, 1.807) is 6.07 Å². The summed E-state index contributed by atoms with van der Waals surface area (Å²) in [5.74, 6) is 0.325. The minimum atomic E-state index is -0.923. The van der Waals surface area contributed by atoms with Gasteiger partial charge in [0.25, 0.3) is 0 Å². The zero-order valence-electron chi connectivity index (χ0n) is 10.0. The Morgan fingerprint density at radius 1 is 1.26 bits per heavy atom. The molecular formula is C12H13NO5S. The van der Waals surface area contributed by atoms with Crippen molar-refractivity contribution in [2.45, 2.75) is 6.54 Å². The van der Waals surface area contributed by atoms with Gasteiger partial charge in [0, 0.05) is 6.54 Å². The van der Waals surface area contributed by atoms with Crippen molar-refractivity contribution in [3.8, 4) is 11.5 Å². The molecule has 0 saturated carbocycles. The fourth-order valence-corrected chi connectivity index (χ4v) is 2.10. The van der Waals surface area contributed by atoms with Crippen LogP contribution < -0.4 is 14.8 Å². The Hall–Kier alpha value is -1.89. The second-order valence-corrected chi connectivity index (χ2v) is 4.84. The summed E-state index contributed by atoms with van der Waals surface area (Å²) in [6.45, 7) is 0.597. The lowest BCUT2D eigenvalue weighted by atomic mass is 10.2. The summed E-state index contributed by atoms with van der Waals surface area (Å²) >= 11 is 1.07. The number of fused-ring (bicyclic) bond motifs is 1. The Balaban J connectivity index is 1.76. The lowest BCUT2D eigenvalue weighted by Crippen LogP contribution is -2.25. The van der Waals surface area contributed by atoms with E-state index in [1.807, 2.05) is 12.1 Å². The maximum Gasteiger partial charge on any atom is 0.313 e. The molecule has 0 fully saturated rings. The maximum atomic E-state index is 11.5. The molecule has 0 saturated heterocycles. The fraction of sp³-hybridized carbons (Fsp3) is 0.333. The molecule has 2 N–H and O–H groups in total. The van der Waals surface area contributed by atoms with E-state index in [2.05, 4.69) is 5.32 Å². The molecule has 19 heavy (non-hydrogen) atoms. The molecule has 2 rings (SSSR count). The molecular weight excluding hydrogens is 270 g/mol. The Kier molecular flexibility index (Phi) is 4.51. The van der Waals surface area contributed by atoms with Gasteiger partial charge in [-0.25, -0.2) is 0 Å². The lowest BCUT2D eigenvalue weighted by Gasteiger charge is -2.05. The first kappa shape index (κ1) is 13.5. The highest BCUT2D eigenvalue weighted by Crippen LogP contribution is 2.32. The number of carboxylic acids is 1. The third-order valence-electron chi connectivity index (χ3n) is 2.39. The van der Waals surface area contributed by atoms with Crippen molar-refractivity contribution in [3.63, 3.8) is 0 Å². The summed E-state index contributed by atoms with van der Waals surface area (Å²) in [6.07, 6.45) is 0. The number of nitrogens with one attached hydrogen (secondary N) is 1. The summed E-state index contributed by atoms with van der Waals surface area (Å²) in [7, 11) is 0. The minimum absolute atomic E-state index is 0.0720. The van der Waals surface area contributed by atoms with Crippen molar-refractivity contribution in [2.75, 3.05) is 18.3 Å². The van der Waals surface area contributed by atoms with Gasteiger partial charge in [0.15, 0.2) is 11.5 Å². The van der Waals surface area contributed by atoms with Gasteiger partial charge in [-0.1, -0.05) is 6.07 Å². The molecule has 1 aromatic rings. The van der Waals surface area contributed by atoms with Crippen molar-refractivity contribution in [2.24, 2.45) is 0 Å². The SMILES string of the molecule is O=C(O)CSCC(=O)NCc1ccc2c(c1)OCO2. The fourth-order valence-electron chi connectivity index (χ4n) is 1.53. The first-order valence-electron chi connectivity index (χ1n) is 5.60. The van der Waals surface area contributed by atoms with Gasteiger partial charge in [-0.15, -0.1) is 11.8 Å². The molecule has 0 aromatic heterocycles. The quantitative estimate of drug-likeness (QED) is 0.805.